The number of fused-ring (bicyclic) bond motifs is 2. The number of halogens is 1. The van der Waals surface area contributed by atoms with Crippen LogP contribution in [0.15, 0.2) is 36.7 Å². The van der Waals surface area contributed by atoms with Crippen LogP contribution in [0.5, 0.6) is 6.01 Å². The third-order valence-electron chi connectivity index (χ3n) is 7.49. The van der Waals surface area contributed by atoms with Gasteiger partial charge < -0.3 is 25.0 Å². The molecule has 204 valence electrons. The molecule has 0 radical (unpaired) electrons. The van der Waals surface area contributed by atoms with Crippen molar-refractivity contribution in [3.8, 4) is 6.01 Å². The van der Waals surface area contributed by atoms with E-state index in [0.29, 0.717) is 40.8 Å². The first-order chi connectivity index (χ1) is 18.7. The maximum atomic E-state index is 14.7. The van der Waals surface area contributed by atoms with Gasteiger partial charge in [0.2, 0.25) is 0 Å². The van der Waals surface area contributed by atoms with Crippen molar-refractivity contribution in [1.82, 2.24) is 25.1 Å². The number of piperazine rings is 1. The fraction of sp³-hybridized carbons (Fsp3) is 0.429. The van der Waals surface area contributed by atoms with E-state index in [1.54, 1.807) is 38.7 Å². The molecule has 2 aromatic heterocycles. The normalized spacial score (nSPS) is 20.4. The molecule has 0 bridgehead atoms. The van der Waals surface area contributed by atoms with Crippen LogP contribution in [0.25, 0.3) is 21.8 Å². The fourth-order valence-corrected chi connectivity index (χ4v) is 5.37. The number of hydrogen-bond donors (Lipinski definition) is 2. The molecule has 1 aliphatic carbocycles. The van der Waals surface area contributed by atoms with Crippen LogP contribution in [0.4, 0.5) is 15.8 Å². The second kappa shape index (κ2) is 9.73. The molecule has 2 aliphatic rings. The molecule has 6 rings (SSSR count). The molecule has 3 heterocycles. The van der Waals surface area contributed by atoms with Crippen LogP contribution in [-0.4, -0.2) is 70.1 Å². The molecular formula is C28H32FN7O3. The lowest BCUT2D eigenvalue weighted by Gasteiger charge is -2.38. The number of aryl methyl sites for hydroxylation is 1. The summed E-state index contributed by atoms with van der Waals surface area (Å²) in [6.45, 7) is 6.26. The zero-order chi connectivity index (χ0) is 27.3. The standard InChI is InChI=1S/C28H32FN7O3/c1-16-12-36(13-17(2)31-16)23-6-5-20(25-21(23)11-30-27(33-25)39-15-28(38-4)7-8-28)26(37)32-19-9-18-14-35(3)34-24(18)22(29)10-19/h5-6,9-11,14,16-17,31H,7-8,12-13,15H2,1-4H3,(H,32,37). The maximum absolute atomic E-state index is 14.7. The number of carbonyl (C=O) groups excluding carboxylic acids is 1. The second-order valence-corrected chi connectivity index (χ2v) is 10.7. The first kappa shape index (κ1) is 25.4. The van der Waals surface area contributed by atoms with Crippen molar-refractivity contribution in [1.29, 1.82) is 0 Å². The molecule has 0 spiro atoms. The van der Waals surface area contributed by atoms with E-state index < -0.39 is 11.7 Å². The highest BCUT2D eigenvalue weighted by Crippen LogP contribution is 2.39. The second-order valence-electron chi connectivity index (χ2n) is 10.7. The summed E-state index contributed by atoms with van der Waals surface area (Å²) in [5, 5.41) is 11.9. The Balaban J connectivity index is 1.37. The topological polar surface area (TPSA) is 106 Å². The third kappa shape index (κ3) is 4.99. The quantitative estimate of drug-likeness (QED) is 0.371. The highest BCUT2D eigenvalue weighted by molar-refractivity contribution is 6.14. The van der Waals surface area contributed by atoms with Gasteiger partial charge >= 0.3 is 6.01 Å². The molecule has 10 nitrogen and oxygen atoms in total. The summed E-state index contributed by atoms with van der Waals surface area (Å²) in [7, 11) is 3.40. The van der Waals surface area contributed by atoms with Gasteiger partial charge in [-0.15, -0.1) is 0 Å². The summed E-state index contributed by atoms with van der Waals surface area (Å²) in [5.74, 6) is -0.910. The number of ether oxygens (including phenoxy) is 2. The van der Waals surface area contributed by atoms with E-state index in [1.807, 2.05) is 6.07 Å². The van der Waals surface area contributed by atoms with Crippen LogP contribution in [-0.2, 0) is 11.8 Å². The first-order valence-electron chi connectivity index (χ1n) is 13.2. The number of nitrogens with one attached hydrogen (secondary N) is 2. The van der Waals surface area contributed by atoms with Gasteiger partial charge in [0.1, 0.15) is 17.7 Å². The number of aromatic nitrogens is 4. The van der Waals surface area contributed by atoms with Gasteiger partial charge in [0.25, 0.3) is 5.91 Å². The Labute approximate surface area is 225 Å². The number of hydrogen-bond acceptors (Lipinski definition) is 8. The van der Waals surface area contributed by atoms with Gasteiger partial charge in [-0.1, -0.05) is 0 Å². The van der Waals surface area contributed by atoms with Crippen molar-refractivity contribution in [2.75, 3.05) is 37.0 Å². The van der Waals surface area contributed by atoms with Crippen molar-refractivity contribution in [2.45, 2.75) is 44.4 Å². The van der Waals surface area contributed by atoms with E-state index in [-0.39, 0.29) is 17.1 Å². The lowest BCUT2D eigenvalue weighted by Crippen LogP contribution is -2.54. The molecule has 1 aliphatic heterocycles. The number of benzene rings is 2. The van der Waals surface area contributed by atoms with Crippen LogP contribution < -0.4 is 20.3 Å². The molecule has 2 atom stereocenters. The van der Waals surface area contributed by atoms with Gasteiger partial charge in [-0.3, -0.25) is 9.48 Å². The van der Waals surface area contributed by atoms with Gasteiger partial charge in [-0.2, -0.15) is 10.1 Å². The molecule has 2 aromatic carbocycles. The number of rotatable bonds is 7. The van der Waals surface area contributed by atoms with Crippen molar-refractivity contribution in [3.05, 3.63) is 48.0 Å². The van der Waals surface area contributed by atoms with E-state index >= 15 is 0 Å². The summed E-state index contributed by atoms with van der Waals surface area (Å²) in [6.07, 6.45) is 5.27. The minimum atomic E-state index is -0.504. The predicted molar refractivity (Wildman–Crippen MR) is 147 cm³/mol. The molecule has 4 aromatic rings. The van der Waals surface area contributed by atoms with Crippen LogP contribution in [0, 0.1) is 5.82 Å². The Kier molecular flexibility index (Phi) is 6.35. The zero-order valence-corrected chi connectivity index (χ0v) is 22.5. The molecule has 1 amide bonds. The summed E-state index contributed by atoms with van der Waals surface area (Å²) in [5.41, 5.74) is 2.07. The number of nitrogens with zero attached hydrogens (tertiary/aromatic N) is 5. The molecular weight excluding hydrogens is 501 g/mol. The van der Waals surface area contributed by atoms with Gasteiger partial charge in [0.15, 0.2) is 5.82 Å². The van der Waals surface area contributed by atoms with Crippen molar-refractivity contribution in [3.63, 3.8) is 0 Å². The Morgan fingerprint density at radius 3 is 2.69 bits per heavy atom. The average Bonchev–Trinajstić information content (AvgIpc) is 3.58. The van der Waals surface area contributed by atoms with Gasteiger partial charge in [-0.05, 0) is 51.0 Å². The fourth-order valence-electron chi connectivity index (χ4n) is 5.37. The smallest absolute Gasteiger partial charge is 0.317 e. The first-order valence-corrected chi connectivity index (χ1v) is 13.2. The van der Waals surface area contributed by atoms with E-state index in [0.717, 1.165) is 37.0 Å². The lowest BCUT2D eigenvalue weighted by atomic mass is 10.0. The molecule has 11 heteroatoms. The molecule has 1 saturated heterocycles. The molecule has 2 N–H and O–H groups in total. The highest BCUT2D eigenvalue weighted by atomic mass is 19.1. The van der Waals surface area contributed by atoms with E-state index in [4.69, 9.17) is 9.47 Å². The summed E-state index contributed by atoms with van der Waals surface area (Å²) >= 11 is 0. The summed E-state index contributed by atoms with van der Waals surface area (Å²) in [6, 6.07) is 7.46. The van der Waals surface area contributed by atoms with Crippen molar-refractivity contribution >= 4 is 39.1 Å². The zero-order valence-electron chi connectivity index (χ0n) is 22.5. The Morgan fingerprint density at radius 1 is 1.21 bits per heavy atom. The summed E-state index contributed by atoms with van der Waals surface area (Å²) < 4.78 is 27.7. The van der Waals surface area contributed by atoms with E-state index in [9.17, 15) is 9.18 Å². The van der Waals surface area contributed by atoms with Crippen LogP contribution in [0.2, 0.25) is 0 Å². The monoisotopic (exact) mass is 533 g/mol. The highest BCUT2D eigenvalue weighted by Gasteiger charge is 2.44. The molecule has 39 heavy (non-hydrogen) atoms. The van der Waals surface area contributed by atoms with Crippen molar-refractivity contribution in [2.24, 2.45) is 7.05 Å². The lowest BCUT2D eigenvalue weighted by molar-refractivity contribution is 0.0340. The van der Waals surface area contributed by atoms with Crippen molar-refractivity contribution < 1.29 is 18.7 Å². The largest absolute Gasteiger partial charge is 0.460 e. The third-order valence-corrected chi connectivity index (χ3v) is 7.49. The molecule has 2 fully saturated rings. The van der Waals surface area contributed by atoms with Gasteiger partial charge in [-0.25, -0.2) is 9.37 Å². The summed E-state index contributed by atoms with van der Waals surface area (Å²) in [4.78, 5) is 25.0. The number of anilines is 2. The van der Waals surface area contributed by atoms with E-state index in [2.05, 4.69) is 44.4 Å². The molecule has 1 saturated carbocycles. The number of methoxy groups -OCH3 is 1. The van der Waals surface area contributed by atoms with Gasteiger partial charge in [0, 0.05) is 73.9 Å². The van der Waals surface area contributed by atoms with Crippen LogP contribution >= 0.6 is 0 Å². The SMILES string of the molecule is COC1(COc2ncc3c(N4CC(C)NC(C)C4)ccc(C(=O)Nc4cc(F)c5nn(C)cc5c4)c3n2)CC1. The molecule has 2 unspecified atom stereocenters. The Bertz CT molecular complexity index is 1560. The average molecular weight is 534 g/mol. The minimum Gasteiger partial charge on any atom is -0.460 e. The van der Waals surface area contributed by atoms with E-state index in [1.165, 1.54) is 10.7 Å². The van der Waals surface area contributed by atoms with Gasteiger partial charge in [0.05, 0.1) is 11.1 Å². The number of carbonyl (C=O) groups is 1. The maximum Gasteiger partial charge on any atom is 0.317 e. The Hall–Kier alpha value is -3.83. The van der Waals surface area contributed by atoms with Crippen LogP contribution in [0.1, 0.15) is 37.0 Å². The minimum absolute atomic E-state index is 0.182. The Morgan fingerprint density at radius 2 is 1.97 bits per heavy atom. The number of amides is 1. The predicted octanol–water partition coefficient (Wildman–Crippen LogP) is 3.65. The van der Waals surface area contributed by atoms with Crippen LogP contribution in [0.3, 0.4) is 0 Å².